The van der Waals surface area contributed by atoms with Crippen molar-refractivity contribution in [2.75, 3.05) is 0 Å². The minimum absolute atomic E-state index is 0.371. The van der Waals surface area contributed by atoms with Gasteiger partial charge in [-0.2, -0.15) is 0 Å². The molecule has 0 saturated heterocycles. The van der Waals surface area contributed by atoms with E-state index in [-0.39, 0.29) is 5.97 Å². The van der Waals surface area contributed by atoms with Crippen LogP contribution in [0.15, 0.2) is 51.4 Å². The minimum atomic E-state index is -0.371. The van der Waals surface area contributed by atoms with Crippen molar-refractivity contribution in [3.8, 4) is 5.75 Å². The molecule has 0 unspecified atom stereocenters. The lowest BCUT2D eigenvalue weighted by molar-refractivity contribution is 0.0734. The van der Waals surface area contributed by atoms with Crippen LogP contribution in [0.2, 0.25) is 0 Å². The zero-order chi connectivity index (χ0) is 13.1. The topological polar surface area (TPSA) is 26.3 Å². The van der Waals surface area contributed by atoms with Crippen LogP contribution in [-0.4, -0.2) is 5.97 Å². The second-order valence-corrected chi connectivity index (χ2v) is 5.49. The molecule has 0 aliphatic heterocycles. The maximum atomic E-state index is 12.0. The summed E-state index contributed by atoms with van der Waals surface area (Å²) in [5.74, 6) is 0.167. The summed E-state index contributed by atoms with van der Waals surface area (Å²) < 4.78 is 7.04. The molecular weight excluding hydrogens is 360 g/mol. The number of halogens is 2. The van der Waals surface area contributed by atoms with E-state index < -0.39 is 0 Å². The Labute approximate surface area is 122 Å². The number of aryl methyl sites for hydroxylation is 1. The van der Waals surface area contributed by atoms with Gasteiger partial charge in [-0.05, 0) is 58.7 Å². The summed E-state index contributed by atoms with van der Waals surface area (Å²) in [6.07, 6.45) is 0. The molecule has 0 atom stereocenters. The second kappa shape index (κ2) is 5.67. The number of hydrogen-bond donors (Lipinski definition) is 0. The maximum absolute atomic E-state index is 12.0. The predicted octanol–water partition coefficient (Wildman–Crippen LogP) is 4.74. The standard InChI is InChI=1S/C14H10Br2O2/c1-9-8-10(6-7-12(9)15)18-14(17)11-4-2-3-5-13(11)16/h2-8H,1H3. The smallest absolute Gasteiger partial charge is 0.344 e. The predicted molar refractivity (Wildman–Crippen MR) is 78.0 cm³/mol. The summed E-state index contributed by atoms with van der Waals surface area (Å²) in [6, 6.07) is 12.6. The largest absolute Gasteiger partial charge is 0.423 e. The molecule has 0 fully saturated rings. The van der Waals surface area contributed by atoms with Gasteiger partial charge in [0, 0.05) is 8.95 Å². The molecule has 0 aliphatic rings. The zero-order valence-electron chi connectivity index (χ0n) is 9.61. The SMILES string of the molecule is Cc1cc(OC(=O)c2ccccc2Br)ccc1Br. The van der Waals surface area contributed by atoms with E-state index in [1.807, 2.05) is 31.2 Å². The molecule has 2 aromatic rings. The minimum Gasteiger partial charge on any atom is -0.423 e. The molecule has 2 rings (SSSR count). The van der Waals surface area contributed by atoms with Gasteiger partial charge in [0.25, 0.3) is 0 Å². The van der Waals surface area contributed by atoms with Crippen LogP contribution >= 0.6 is 31.9 Å². The molecule has 0 aliphatic carbocycles. The number of ether oxygens (including phenoxy) is 1. The summed E-state index contributed by atoms with van der Waals surface area (Å²) in [6.45, 7) is 1.94. The number of benzene rings is 2. The molecule has 0 N–H and O–H groups in total. The van der Waals surface area contributed by atoms with Gasteiger partial charge in [0.1, 0.15) is 5.75 Å². The highest BCUT2D eigenvalue weighted by Gasteiger charge is 2.12. The van der Waals surface area contributed by atoms with Gasteiger partial charge in [0.05, 0.1) is 5.56 Å². The van der Waals surface area contributed by atoms with Gasteiger partial charge < -0.3 is 4.74 Å². The van der Waals surface area contributed by atoms with Crippen molar-refractivity contribution in [2.24, 2.45) is 0 Å². The third kappa shape index (κ3) is 3.00. The molecule has 0 heterocycles. The Morgan fingerprint density at radius 3 is 2.44 bits per heavy atom. The van der Waals surface area contributed by atoms with E-state index in [0.29, 0.717) is 11.3 Å². The number of esters is 1. The second-order valence-electron chi connectivity index (χ2n) is 3.78. The lowest BCUT2D eigenvalue weighted by Crippen LogP contribution is -2.09. The Kier molecular flexibility index (Phi) is 4.19. The highest BCUT2D eigenvalue weighted by atomic mass is 79.9. The average molecular weight is 370 g/mol. The van der Waals surface area contributed by atoms with Crippen LogP contribution in [0.5, 0.6) is 5.75 Å². The van der Waals surface area contributed by atoms with Crippen molar-refractivity contribution in [3.63, 3.8) is 0 Å². The molecule has 0 bridgehead atoms. The molecule has 0 saturated carbocycles. The van der Waals surface area contributed by atoms with Gasteiger partial charge >= 0.3 is 5.97 Å². The average Bonchev–Trinajstić information content (AvgIpc) is 2.34. The molecule has 0 aromatic heterocycles. The highest BCUT2D eigenvalue weighted by Crippen LogP contribution is 2.23. The zero-order valence-corrected chi connectivity index (χ0v) is 12.8. The van der Waals surface area contributed by atoms with Crippen molar-refractivity contribution in [3.05, 3.63) is 62.5 Å². The molecule has 0 radical (unpaired) electrons. The molecule has 2 nitrogen and oxygen atoms in total. The van der Waals surface area contributed by atoms with E-state index in [2.05, 4.69) is 31.9 Å². The Hall–Kier alpha value is -1.13. The quantitative estimate of drug-likeness (QED) is 0.564. The summed E-state index contributed by atoms with van der Waals surface area (Å²) in [4.78, 5) is 12.0. The fourth-order valence-electron chi connectivity index (χ4n) is 1.47. The third-order valence-corrected chi connectivity index (χ3v) is 4.01. The molecule has 0 amide bonds. The monoisotopic (exact) mass is 368 g/mol. The lowest BCUT2D eigenvalue weighted by atomic mass is 10.2. The third-order valence-electron chi connectivity index (χ3n) is 2.43. The normalized spacial score (nSPS) is 10.2. The molecule has 92 valence electrons. The van der Waals surface area contributed by atoms with Crippen LogP contribution in [0.4, 0.5) is 0 Å². The maximum Gasteiger partial charge on any atom is 0.344 e. The molecule has 2 aromatic carbocycles. The lowest BCUT2D eigenvalue weighted by Gasteiger charge is -2.07. The molecule has 4 heteroatoms. The van der Waals surface area contributed by atoms with Crippen molar-refractivity contribution in [2.45, 2.75) is 6.92 Å². The van der Waals surface area contributed by atoms with Gasteiger partial charge in [-0.25, -0.2) is 4.79 Å². The van der Waals surface area contributed by atoms with Crippen LogP contribution in [0.25, 0.3) is 0 Å². The van der Waals surface area contributed by atoms with Crippen LogP contribution in [0.3, 0.4) is 0 Å². The Bertz CT molecular complexity index is 594. The van der Waals surface area contributed by atoms with E-state index in [9.17, 15) is 4.79 Å². The van der Waals surface area contributed by atoms with Crippen LogP contribution in [0, 0.1) is 6.92 Å². The van der Waals surface area contributed by atoms with Crippen LogP contribution in [0.1, 0.15) is 15.9 Å². The summed E-state index contributed by atoms with van der Waals surface area (Å²) in [5.41, 5.74) is 1.53. The van der Waals surface area contributed by atoms with Crippen molar-refractivity contribution < 1.29 is 9.53 Å². The summed E-state index contributed by atoms with van der Waals surface area (Å²) in [7, 11) is 0. The number of carbonyl (C=O) groups excluding carboxylic acids is 1. The van der Waals surface area contributed by atoms with Gasteiger partial charge in [0.15, 0.2) is 0 Å². The Morgan fingerprint density at radius 1 is 1.06 bits per heavy atom. The van der Waals surface area contributed by atoms with Crippen molar-refractivity contribution in [1.29, 1.82) is 0 Å². The van der Waals surface area contributed by atoms with Crippen molar-refractivity contribution >= 4 is 37.8 Å². The van der Waals surface area contributed by atoms with E-state index in [0.717, 1.165) is 14.5 Å². The molecular formula is C14H10Br2O2. The molecule has 0 spiro atoms. The van der Waals surface area contributed by atoms with Gasteiger partial charge in [0.2, 0.25) is 0 Å². The Balaban J connectivity index is 2.22. The number of carbonyl (C=O) groups is 1. The number of rotatable bonds is 2. The van der Waals surface area contributed by atoms with E-state index in [1.54, 1.807) is 18.2 Å². The fraction of sp³-hybridized carbons (Fsp3) is 0.0714. The van der Waals surface area contributed by atoms with Gasteiger partial charge in [-0.15, -0.1) is 0 Å². The first-order chi connectivity index (χ1) is 8.58. The first kappa shape index (κ1) is 13.3. The fourth-order valence-corrected chi connectivity index (χ4v) is 2.16. The first-order valence-electron chi connectivity index (χ1n) is 5.31. The summed E-state index contributed by atoms with van der Waals surface area (Å²) in [5, 5.41) is 0. The first-order valence-corrected chi connectivity index (χ1v) is 6.89. The number of hydrogen-bond acceptors (Lipinski definition) is 2. The van der Waals surface area contributed by atoms with Crippen LogP contribution < -0.4 is 4.74 Å². The van der Waals surface area contributed by atoms with Crippen LogP contribution in [-0.2, 0) is 0 Å². The van der Waals surface area contributed by atoms with Gasteiger partial charge in [-0.3, -0.25) is 0 Å². The van der Waals surface area contributed by atoms with Gasteiger partial charge in [-0.1, -0.05) is 28.1 Å². The van der Waals surface area contributed by atoms with E-state index >= 15 is 0 Å². The summed E-state index contributed by atoms with van der Waals surface area (Å²) >= 11 is 6.73. The van der Waals surface area contributed by atoms with E-state index in [1.165, 1.54) is 0 Å². The molecule has 18 heavy (non-hydrogen) atoms. The van der Waals surface area contributed by atoms with Crippen molar-refractivity contribution in [1.82, 2.24) is 0 Å². The Morgan fingerprint density at radius 2 is 1.78 bits per heavy atom. The highest BCUT2D eigenvalue weighted by molar-refractivity contribution is 9.10. The van der Waals surface area contributed by atoms with E-state index in [4.69, 9.17) is 4.74 Å².